The van der Waals surface area contributed by atoms with Gasteiger partial charge in [0.25, 0.3) is 5.91 Å². The zero-order valence-corrected chi connectivity index (χ0v) is 12.9. The third kappa shape index (κ3) is 2.71. The Morgan fingerprint density at radius 1 is 1.16 bits per heavy atom. The van der Waals surface area contributed by atoms with Crippen molar-refractivity contribution >= 4 is 27.8 Å². The van der Waals surface area contributed by atoms with Crippen molar-refractivity contribution in [3.05, 3.63) is 59.3 Å². The summed E-state index contributed by atoms with van der Waals surface area (Å²) in [5.41, 5.74) is 2.00. The molecule has 8 heteroatoms. The average molecular weight is 341 g/mol. The van der Waals surface area contributed by atoms with Crippen LogP contribution in [0.2, 0.25) is 0 Å². The highest BCUT2D eigenvalue weighted by Crippen LogP contribution is 2.21. The lowest BCUT2D eigenvalue weighted by atomic mass is 10.1. The Balaban J connectivity index is 1.48. The number of H-pyrrole nitrogens is 2. The molecule has 2 heterocycles. The van der Waals surface area contributed by atoms with Crippen LogP contribution in [0.25, 0.3) is 21.9 Å². The van der Waals surface area contributed by atoms with Gasteiger partial charge < -0.3 is 10.3 Å². The summed E-state index contributed by atoms with van der Waals surface area (Å²) in [6.45, 7) is 0.290. The molecule has 25 heavy (non-hydrogen) atoms. The number of fused-ring (bicyclic) bond motifs is 2. The number of amides is 1. The van der Waals surface area contributed by atoms with Gasteiger partial charge in [-0.05, 0) is 36.2 Å². The molecule has 4 rings (SSSR count). The number of hydrogen-bond donors (Lipinski definition) is 3. The van der Waals surface area contributed by atoms with E-state index in [1.807, 2.05) is 0 Å². The predicted molar refractivity (Wildman–Crippen MR) is 88.1 cm³/mol. The second kappa shape index (κ2) is 5.97. The van der Waals surface area contributed by atoms with E-state index in [1.165, 1.54) is 12.1 Å². The predicted octanol–water partition coefficient (Wildman–Crippen LogP) is 2.69. The highest BCUT2D eigenvalue weighted by Gasteiger charge is 2.13. The van der Waals surface area contributed by atoms with Crippen molar-refractivity contribution in [2.75, 3.05) is 6.54 Å². The van der Waals surface area contributed by atoms with Crippen molar-refractivity contribution < 1.29 is 13.6 Å². The maximum absolute atomic E-state index is 13.9. The first-order chi connectivity index (χ1) is 12.1. The van der Waals surface area contributed by atoms with Crippen molar-refractivity contribution in [1.29, 1.82) is 0 Å². The fraction of sp³-hybridized carbons (Fsp3) is 0.118. The van der Waals surface area contributed by atoms with E-state index in [0.717, 1.165) is 11.6 Å². The van der Waals surface area contributed by atoms with Crippen LogP contribution in [0.1, 0.15) is 15.9 Å². The summed E-state index contributed by atoms with van der Waals surface area (Å²) in [4.78, 5) is 15.2. The van der Waals surface area contributed by atoms with Gasteiger partial charge in [-0.1, -0.05) is 6.07 Å². The molecule has 0 radical (unpaired) electrons. The molecule has 2 aromatic heterocycles. The van der Waals surface area contributed by atoms with E-state index in [1.54, 1.807) is 18.3 Å². The SMILES string of the molecule is O=C(NCCc1c[nH]c2cccc(F)c12)c1cc(F)c2n[nH]nc2c1. The summed E-state index contributed by atoms with van der Waals surface area (Å²) >= 11 is 0. The standard InChI is InChI=1S/C17H13F2N5O/c18-11-2-1-3-13-15(11)9(8-21-13)4-5-20-17(25)10-6-12(19)16-14(7-10)22-24-23-16/h1-3,6-8,21H,4-5H2,(H,20,25)(H,22,23,24). The molecule has 0 atom stereocenters. The number of aromatic nitrogens is 4. The number of carbonyl (C=O) groups is 1. The Hall–Kier alpha value is -3.29. The van der Waals surface area contributed by atoms with E-state index in [0.29, 0.717) is 23.9 Å². The second-order valence-corrected chi connectivity index (χ2v) is 5.63. The fourth-order valence-corrected chi connectivity index (χ4v) is 2.86. The topological polar surface area (TPSA) is 86.5 Å². The molecule has 126 valence electrons. The van der Waals surface area contributed by atoms with Crippen molar-refractivity contribution in [2.45, 2.75) is 6.42 Å². The Kier molecular flexibility index (Phi) is 3.64. The van der Waals surface area contributed by atoms with Crippen LogP contribution in [-0.2, 0) is 6.42 Å². The number of nitrogens with zero attached hydrogens (tertiary/aromatic N) is 2. The zero-order valence-electron chi connectivity index (χ0n) is 12.9. The van der Waals surface area contributed by atoms with Gasteiger partial charge in [-0.25, -0.2) is 8.78 Å². The lowest BCUT2D eigenvalue weighted by molar-refractivity contribution is 0.0954. The van der Waals surface area contributed by atoms with Gasteiger partial charge in [0.2, 0.25) is 0 Å². The van der Waals surface area contributed by atoms with Gasteiger partial charge in [-0.3, -0.25) is 4.79 Å². The number of halogens is 2. The first-order valence-corrected chi connectivity index (χ1v) is 7.66. The van der Waals surface area contributed by atoms with Gasteiger partial charge >= 0.3 is 0 Å². The number of aromatic amines is 2. The molecule has 0 saturated carbocycles. The molecule has 6 nitrogen and oxygen atoms in total. The van der Waals surface area contributed by atoms with E-state index in [2.05, 4.69) is 25.7 Å². The molecule has 0 unspecified atom stereocenters. The third-order valence-corrected chi connectivity index (χ3v) is 4.05. The normalized spacial score (nSPS) is 11.3. The largest absolute Gasteiger partial charge is 0.361 e. The molecule has 0 aliphatic heterocycles. The minimum absolute atomic E-state index is 0.0887. The smallest absolute Gasteiger partial charge is 0.251 e. The Morgan fingerprint density at radius 3 is 2.92 bits per heavy atom. The first kappa shape index (κ1) is 15.3. The summed E-state index contributed by atoms with van der Waals surface area (Å²) in [5.74, 6) is -1.35. The molecule has 2 aromatic carbocycles. The number of nitrogens with one attached hydrogen (secondary N) is 3. The minimum atomic E-state index is -0.616. The van der Waals surface area contributed by atoms with Crippen LogP contribution in [0.3, 0.4) is 0 Å². The number of benzene rings is 2. The summed E-state index contributed by atoms with van der Waals surface area (Å²) < 4.78 is 27.8. The fourth-order valence-electron chi connectivity index (χ4n) is 2.86. The zero-order chi connectivity index (χ0) is 17.4. The maximum Gasteiger partial charge on any atom is 0.251 e. The lowest BCUT2D eigenvalue weighted by Crippen LogP contribution is -2.25. The van der Waals surface area contributed by atoms with Crippen molar-refractivity contribution in [3.63, 3.8) is 0 Å². The maximum atomic E-state index is 13.9. The quantitative estimate of drug-likeness (QED) is 0.533. The van der Waals surface area contributed by atoms with Crippen LogP contribution in [0.5, 0.6) is 0 Å². The van der Waals surface area contributed by atoms with Crippen LogP contribution < -0.4 is 5.32 Å². The van der Waals surface area contributed by atoms with E-state index >= 15 is 0 Å². The van der Waals surface area contributed by atoms with Crippen LogP contribution in [-0.4, -0.2) is 32.8 Å². The van der Waals surface area contributed by atoms with E-state index in [9.17, 15) is 13.6 Å². The summed E-state index contributed by atoms with van der Waals surface area (Å²) in [7, 11) is 0. The van der Waals surface area contributed by atoms with E-state index in [-0.39, 0.29) is 22.4 Å². The molecule has 4 aromatic rings. The second-order valence-electron chi connectivity index (χ2n) is 5.63. The highest BCUT2D eigenvalue weighted by atomic mass is 19.1. The number of rotatable bonds is 4. The van der Waals surface area contributed by atoms with E-state index < -0.39 is 11.7 Å². The molecular weight excluding hydrogens is 328 g/mol. The molecule has 0 saturated heterocycles. The van der Waals surface area contributed by atoms with Gasteiger partial charge in [-0.15, -0.1) is 0 Å². The molecule has 3 N–H and O–H groups in total. The molecule has 0 aliphatic rings. The first-order valence-electron chi connectivity index (χ1n) is 7.66. The summed E-state index contributed by atoms with van der Waals surface area (Å²) in [6.07, 6.45) is 2.17. The lowest BCUT2D eigenvalue weighted by Gasteiger charge is -2.05. The molecular formula is C17H13F2N5O. The van der Waals surface area contributed by atoms with Crippen LogP contribution in [0, 0.1) is 11.6 Å². The molecule has 0 spiro atoms. The van der Waals surface area contributed by atoms with Gasteiger partial charge in [0, 0.05) is 29.2 Å². The number of hydrogen-bond acceptors (Lipinski definition) is 3. The van der Waals surface area contributed by atoms with Crippen LogP contribution >= 0.6 is 0 Å². The van der Waals surface area contributed by atoms with Crippen molar-refractivity contribution in [1.82, 2.24) is 25.7 Å². The Bertz CT molecular complexity index is 1090. The molecule has 0 aliphatic carbocycles. The Labute approximate surface area is 140 Å². The van der Waals surface area contributed by atoms with Crippen LogP contribution in [0.4, 0.5) is 8.78 Å². The average Bonchev–Trinajstić information content (AvgIpc) is 3.22. The molecule has 0 bridgehead atoms. The Morgan fingerprint density at radius 2 is 2.04 bits per heavy atom. The van der Waals surface area contributed by atoms with Crippen LogP contribution in [0.15, 0.2) is 36.5 Å². The monoisotopic (exact) mass is 341 g/mol. The minimum Gasteiger partial charge on any atom is -0.361 e. The molecule has 0 fully saturated rings. The van der Waals surface area contributed by atoms with Gasteiger partial charge in [-0.2, -0.15) is 15.4 Å². The highest BCUT2D eigenvalue weighted by molar-refractivity contribution is 5.97. The third-order valence-electron chi connectivity index (χ3n) is 4.05. The van der Waals surface area contributed by atoms with Gasteiger partial charge in [0.1, 0.15) is 16.9 Å². The van der Waals surface area contributed by atoms with Crippen molar-refractivity contribution in [2.24, 2.45) is 0 Å². The van der Waals surface area contributed by atoms with Gasteiger partial charge in [0.15, 0.2) is 5.82 Å². The summed E-state index contributed by atoms with van der Waals surface area (Å²) in [5, 5.41) is 13.0. The van der Waals surface area contributed by atoms with Gasteiger partial charge in [0.05, 0.1) is 0 Å². The summed E-state index contributed by atoms with van der Waals surface area (Å²) in [6, 6.07) is 7.40. The van der Waals surface area contributed by atoms with E-state index in [4.69, 9.17) is 0 Å². The van der Waals surface area contributed by atoms with Crippen molar-refractivity contribution in [3.8, 4) is 0 Å². The number of carbonyl (C=O) groups excluding carboxylic acids is 1. The molecule has 1 amide bonds.